The number of halogens is 1. The van der Waals surface area contributed by atoms with Crippen LogP contribution in [0.1, 0.15) is 48.8 Å². The summed E-state index contributed by atoms with van der Waals surface area (Å²) >= 11 is 6.01. The van der Waals surface area contributed by atoms with E-state index in [0.29, 0.717) is 23.6 Å². The average molecular weight is 499 g/mol. The van der Waals surface area contributed by atoms with Gasteiger partial charge in [-0.1, -0.05) is 54.9 Å². The van der Waals surface area contributed by atoms with E-state index in [1.54, 1.807) is 29.2 Å². The Morgan fingerprint density at radius 3 is 2.36 bits per heavy atom. The number of fused-ring (bicyclic) bond motifs is 1. The molecule has 0 bridgehead atoms. The molecule has 182 valence electrons. The van der Waals surface area contributed by atoms with Crippen molar-refractivity contribution in [1.82, 2.24) is 0 Å². The molecule has 1 aliphatic heterocycles. The molecule has 0 radical (unpaired) electrons. The molecule has 0 spiro atoms. The smallest absolute Gasteiger partial charge is 0.294 e. The van der Waals surface area contributed by atoms with Gasteiger partial charge in [-0.15, -0.1) is 0 Å². The van der Waals surface area contributed by atoms with Crippen molar-refractivity contribution in [1.29, 1.82) is 0 Å². The van der Waals surface area contributed by atoms with E-state index in [4.69, 9.17) is 16.0 Å². The maximum atomic E-state index is 13.7. The fourth-order valence-corrected chi connectivity index (χ4v) is 5.06. The molecule has 3 aromatic carbocycles. The third kappa shape index (κ3) is 4.42. The van der Waals surface area contributed by atoms with Gasteiger partial charge in [0.25, 0.3) is 5.91 Å². The fraction of sp³-hybridized carbons (Fsp3) is 0.200. The number of rotatable bonds is 5. The van der Waals surface area contributed by atoms with Gasteiger partial charge in [0.2, 0.25) is 5.91 Å². The first-order valence-corrected chi connectivity index (χ1v) is 12.5. The van der Waals surface area contributed by atoms with Crippen molar-refractivity contribution in [3.05, 3.63) is 107 Å². The number of anilines is 2. The van der Waals surface area contributed by atoms with Crippen molar-refractivity contribution in [2.24, 2.45) is 0 Å². The third-order valence-corrected chi connectivity index (χ3v) is 6.89. The normalized spacial score (nSPS) is 16.9. The zero-order valence-electron chi connectivity index (χ0n) is 20.2. The van der Waals surface area contributed by atoms with Gasteiger partial charge < -0.3 is 14.2 Å². The first-order chi connectivity index (χ1) is 17.5. The van der Waals surface area contributed by atoms with Crippen molar-refractivity contribution in [2.45, 2.75) is 38.8 Å². The first-order valence-electron chi connectivity index (χ1n) is 12.1. The van der Waals surface area contributed by atoms with Crippen LogP contribution in [0, 0.1) is 0 Å². The molecular formula is C30H27ClN2O3. The van der Waals surface area contributed by atoms with Crippen LogP contribution in [-0.2, 0) is 4.79 Å². The van der Waals surface area contributed by atoms with Crippen molar-refractivity contribution < 1.29 is 14.0 Å². The van der Waals surface area contributed by atoms with Crippen LogP contribution in [0.2, 0.25) is 5.02 Å². The number of hydrogen-bond donors (Lipinski definition) is 0. The second kappa shape index (κ2) is 10.0. The third-order valence-electron chi connectivity index (χ3n) is 6.64. The Bertz CT molecular complexity index is 1380. The molecule has 5 rings (SSSR count). The van der Waals surface area contributed by atoms with Crippen molar-refractivity contribution in [3.8, 4) is 11.3 Å². The van der Waals surface area contributed by atoms with E-state index in [9.17, 15) is 9.59 Å². The minimum Gasteiger partial charge on any atom is -0.451 e. The molecule has 6 heteroatoms. The summed E-state index contributed by atoms with van der Waals surface area (Å²) in [6, 6.07) is 28.0. The molecule has 2 atom stereocenters. The highest BCUT2D eigenvalue weighted by molar-refractivity contribution is 6.30. The van der Waals surface area contributed by atoms with E-state index in [0.717, 1.165) is 22.5 Å². The first kappa shape index (κ1) is 23.9. The second-order valence-corrected chi connectivity index (χ2v) is 9.39. The molecule has 1 aliphatic rings. The van der Waals surface area contributed by atoms with E-state index in [-0.39, 0.29) is 29.7 Å². The van der Waals surface area contributed by atoms with Gasteiger partial charge in [-0.3, -0.25) is 9.59 Å². The highest BCUT2D eigenvalue weighted by atomic mass is 35.5. The number of carbonyl (C=O) groups is 2. The largest absolute Gasteiger partial charge is 0.451 e. The van der Waals surface area contributed by atoms with Crippen LogP contribution >= 0.6 is 11.6 Å². The summed E-state index contributed by atoms with van der Waals surface area (Å²) in [7, 11) is 0. The van der Waals surface area contributed by atoms with Crippen LogP contribution in [-0.4, -0.2) is 17.9 Å². The topological polar surface area (TPSA) is 53.8 Å². The highest BCUT2D eigenvalue weighted by Gasteiger charge is 2.39. The lowest BCUT2D eigenvalue weighted by atomic mass is 9.89. The van der Waals surface area contributed by atoms with Gasteiger partial charge in [0.1, 0.15) is 5.76 Å². The maximum absolute atomic E-state index is 13.7. The summed E-state index contributed by atoms with van der Waals surface area (Å²) in [6.45, 7) is 3.89. The molecule has 0 saturated heterocycles. The molecule has 4 aromatic rings. The molecule has 0 saturated carbocycles. The summed E-state index contributed by atoms with van der Waals surface area (Å²) in [6.07, 6.45) is 0.999. The van der Waals surface area contributed by atoms with Gasteiger partial charge in [0.05, 0.1) is 6.04 Å². The molecule has 0 fully saturated rings. The Balaban J connectivity index is 1.51. The summed E-state index contributed by atoms with van der Waals surface area (Å²) in [5, 5.41) is 0.640. The van der Waals surface area contributed by atoms with Gasteiger partial charge in [-0.2, -0.15) is 0 Å². The Kier molecular flexibility index (Phi) is 6.66. The molecule has 1 aromatic heterocycles. The predicted octanol–water partition coefficient (Wildman–Crippen LogP) is 7.52. The number of benzene rings is 3. The molecule has 0 N–H and O–H groups in total. The predicted molar refractivity (Wildman–Crippen MR) is 143 cm³/mol. The Morgan fingerprint density at radius 2 is 1.64 bits per heavy atom. The van der Waals surface area contributed by atoms with Gasteiger partial charge >= 0.3 is 0 Å². The van der Waals surface area contributed by atoms with Gasteiger partial charge in [0, 0.05) is 34.4 Å². The van der Waals surface area contributed by atoms with Crippen LogP contribution in [0.25, 0.3) is 11.3 Å². The van der Waals surface area contributed by atoms with Crippen molar-refractivity contribution >= 4 is 34.8 Å². The molecule has 5 nitrogen and oxygen atoms in total. The second-order valence-electron chi connectivity index (χ2n) is 8.96. The van der Waals surface area contributed by atoms with Gasteiger partial charge in [0.15, 0.2) is 5.76 Å². The lowest BCUT2D eigenvalue weighted by Gasteiger charge is -2.43. The fourth-order valence-electron chi connectivity index (χ4n) is 4.93. The number of amides is 2. The number of carbonyl (C=O) groups excluding carboxylic acids is 2. The highest BCUT2D eigenvalue weighted by Crippen LogP contribution is 2.43. The number of nitrogens with zero attached hydrogens (tertiary/aromatic N) is 2. The molecule has 2 amide bonds. The molecule has 0 unspecified atom stereocenters. The quantitative estimate of drug-likeness (QED) is 0.286. The molecule has 2 heterocycles. The van der Waals surface area contributed by atoms with Crippen LogP contribution in [0.3, 0.4) is 0 Å². The lowest BCUT2D eigenvalue weighted by Crippen LogP contribution is -2.47. The molecule has 0 aliphatic carbocycles. The average Bonchev–Trinajstić information content (AvgIpc) is 3.40. The summed E-state index contributed by atoms with van der Waals surface area (Å²) in [5.74, 6) is 0.715. The minimum atomic E-state index is -0.207. The van der Waals surface area contributed by atoms with E-state index < -0.39 is 0 Å². The number of hydrogen-bond acceptors (Lipinski definition) is 3. The van der Waals surface area contributed by atoms with Crippen molar-refractivity contribution in [3.63, 3.8) is 0 Å². The Hall–Kier alpha value is -3.83. The van der Waals surface area contributed by atoms with Crippen molar-refractivity contribution in [2.75, 3.05) is 9.80 Å². The van der Waals surface area contributed by atoms with Crippen LogP contribution in [0.4, 0.5) is 11.4 Å². The summed E-state index contributed by atoms with van der Waals surface area (Å²) in [5.41, 5.74) is 3.44. The zero-order chi connectivity index (χ0) is 25.2. The summed E-state index contributed by atoms with van der Waals surface area (Å²) in [4.78, 5) is 30.5. The maximum Gasteiger partial charge on any atom is 0.294 e. The number of furan rings is 1. The SMILES string of the molecule is CCC(=O)N(c1ccccc1)[C@H]1C[C@@H](C)N(C(=O)c2ccc(-c3ccc(Cl)cc3)o2)c2ccccc21. The van der Waals surface area contributed by atoms with E-state index >= 15 is 0 Å². The zero-order valence-corrected chi connectivity index (χ0v) is 21.0. The van der Waals surface area contributed by atoms with Crippen LogP contribution in [0.5, 0.6) is 0 Å². The monoisotopic (exact) mass is 498 g/mol. The number of para-hydroxylation sites is 2. The van der Waals surface area contributed by atoms with Gasteiger partial charge in [-0.05, 0) is 73.5 Å². The van der Waals surface area contributed by atoms with E-state index in [1.165, 1.54) is 0 Å². The Labute approximate surface area is 215 Å². The lowest BCUT2D eigenvalue weighted by molar-refractivity contribution is -0.118. The minimum absolute atomic E-state index is 0.0478. The van der Waals surface area contributed by atoms with E-state index in [1.807, 2.05) is 85.5 Å². The molecular weight excluding hydrogens is 472 g/mol. The Morgan fingerprint density at radius 1 is 0.944 bits per heavy atom. The van der Waals surface area contributed by atoms with Crippen LogP contribution < -0.4 is 9.80 Å². The summed E-state index contributed by atoms with van der Waals surface area (Å²) < 4.78 is 5.99. The van der Waals surface area contributed by atoms with E-state index in [2.05, 4.69) is 0 Å². The van der Waals surface area contributed by atoms with Gasteiger partial charge in [-0.25, -0.2) is 0 Å². The standard InChI is InChI=1S/C30H27ClN2O3/c1-3-29(34)33(23-9-5-4-6-10-23)26-19-20(2)32(25-12-8-7-11-24(25)26)30(35)28-18-17-27(36-28)21-13-15-22(31)16-14-21/h4-18,20,26H,3,19H2,1-2H3/t20-,26+/m1/s1. The van der Waals surface area contributed by atoms with Crippen LogP contribution in [0.15, 0.2) is 95.4 Å². The molecule has 36 heavy (non-hydrogen) atoms.